The molecule has 3 nitrogen and oxygen atoms in total. The van der Waals surface area contributed by atoms with Crippen molar-refractivity contribution in [2.24, 2.45) is 0 Å². The molecular weight excluding hydrogens is 200 g/mol. The molecule has 3 heteroatoms. The highest BCUT2D eigenvalue weighted by Crippen LogP contribution is 2.06. The summed E-state index contributed by atoms with van der Waals surface area (Å²) >= 11 is 0. The first-order valence-electron chi connectivity index (χ1n) is 6.30. The standard InChI is InChI=1S/C13H22N2O/c1-2-3-4-5-7-13(16)8-6-10-15-11-9-14-12-15/h9,11-12H,2-8,10H2,1H3. The summed E-state index contributed by atoms with van der Waals surface area (Å²) in [6, 6.07) is 0. The Kier molecular flexibility index (Phi) is 6.54. The predicted molar refractivity (Wildman–Crippen MR) is 65.2 cm³/mol. The highest BCUT2D eigenvalue weighted by molar-refractivity contribution is 5.78. The number of unbranched alkanes of at least 4 members (excludes halogenated alkanes) is 3. The van der Waals surface area contributed by atoms with Crippen molar-refractivity contribution in [1.82, 2.24) is 9.55 Å². The molecule has 0 spiro atoms. The van der Waals surface area contributed by atoms with Crippen molar-refractivity contribution in [2.45, 2.75) is 58.4 Å². The van der Waals surface area contributed by atoms with E-state index in [2.05, 4.69) is 11.9 Å². The molecule has 0 bridgehead atoms. The van der Waals surface area contributed by atoms with Gasteiger partial charge in [0, 0.05) is 31.8 Å². The third-order valence-corrected chi connectivity index (χ3v) is 2.74. The van der Waals surface area contributed by atoms with Crippen molar-refractivity contribution >= 4 is 5.78 Å². The van der Waals surface area contributed by atoms with E-state index in [1.165, 1.54) is 19.3 Å². The second-order valence-electron chi connectivity index (χ2n) is 4.25. The molecule has 0 saturated heterocycles. The van der Waals surface area contributed by atoms with Gasteiger partial charge in [0.05, 0.1) is 6.33 Å². The lowest BCUT2D eigenvalue weighted by atomic mass is 10.1. The van der Waals surface area contributed by atoms with Gasteiger partial charge in [0.1, 0.15) is 5.78 Å². The van der Waals surface area contributed by atoms with E-state index in [4.69, 9.17) is 0 Å². The molecule has 0 saturated carbocycles. The van der Waals surface area contributed by atoms with Crippen molar-refractivity contribution < 1.29 is 4.79 Å². The zero-order valence-electron chi connectivity index (χ0n) is 10.2. The van der Waals surface area contributed by atoms with Crippen LogP contribution in [0.4, 0.5) is 0 Å². The molecule has 1 aromatic rings. The Morgan fingerprint density at radius 3 is 2.69 bits per heavy atom. The van der Waals surface area contributed by atoms with Crippen LogP contribution < -0.4 is 0 Å². The van der Waals surface area contributed by atoms with Crippen LogP contribution in [0.1, 0.15) is 51.9 Å². The highest BCUT2D eigenvalue weighted by atomic mass is 16.1. The topological polar surface area (TPSA) is 34.9 Å². The number of aryl methyl sites for hydroxylation is 1. The minimum Gasteiger partial charge on any atom is -0.337 e. The van der Waals surface area contributed by atoms with Crippen LogP contribution in [0.2, 0.25) is 0 Å². The SMILES string of the molecule is CCCCCCC(=O)CCCn1ccnc1. The molecule has 0 aliphatic carbocycles. The minimum atomic E-state index is 0.413. The first-order chi connectivity index (χ1) is 7.83. The van der Waals surface area contributed by atoms with Gasteiger partial charge in [-0.3, -0.25) is 4.79 Å². The average molecular weight is 222 g/mol. The lowest BCUT2D eigenvalue weighted by Crippen LogP contribution is -2.01. The zero-order chi connectivity index (χ0) is 11.6. The zero-order valence-corrected chi connectivity index (χ0v) is 10.2. The summed E-state index contributed by atoms with van der Waals surface area (Å²) in [5.74, 6) is 0.413. The van der Waals surface area contributed by atoms with Gasteiger partial charge in [0.15, 0.2) is 0 Å². The van der Waals surface area contributed by atoms with Crippen LogP contribution >= 0.6 is 0 Å². The molecule has 90 valence electrons. The van der Waals surface area contributed by atoms with Gasteiger partial charge in [-0.2, -0.15) is 0 Å². The van der Waals surface area contributed by atoms with E-state index >= 15 is 0 Å². The van der Waals surface area contributed by atoms with E-state index in [-0.39, 0.29) is 0 Å². The molecule has 0 fully saturated rings. The molecule has 0 aromatic carbocycles. The summed E-state index contributed by atoms with van der Waals surface area (Å²) in [5, 5.41) is 0. The molecule has 0 atom stereocenters. The second kappa shape index (κ2) is 8.08. The lowest BCUT2D eigenvalue weighted by Gasteiger charge is -2.02. The van der Waals surface area contributed by atoms with Crippen molar-refractivity contribution in [3.05, 3.63) is 18.7 Å². The fraction of sp³-hybridized carbons (Fsp3) is 0.692. The average Bonchev–Trinajstić information content (AvgIpc) is 2.77. The highest BCUT2D eigenvalue weighted by Gasteiger charge is 2.01. The molecule has 0 unspecified atom stereocenters. The number of carbonyl (C=O) groups is 1. The molecule has 0 amide bonds. The van der Waals surface area contributed by atoms with Gasteiger partial charge in [-0.15, -0.1) is 0 Å². The Balaban J connectivity index is 1.98. The van der Waals surface area contributed by atoms with Gasteiger partial charge in [-0.1, -0.05) is 26.2 Å². The number of nitrogens with zero attached hydrogens (tertiary/aromatic N) is 2. The Labute approximate surface area is 97.9 Å². The monoisotopic (exact) mass is 222 g/mol. The quantitative estimate of drug-likeness (QED) is 0.601. The number of carbonyl (C=O) groups excluding carboxylic acids is 1. The molecule has 1 heterocycles. The Morgan fingerprint density at radius 1 is 1.19 bits per heavy atom. The van der Waals surface area contributed by atoms with Gasteiger partial charge in [-0.05, 0) is 12.8 Å². The van der Waals surface area contributed by atoms with Crippen LogP contribution in [0.25, 0.3) is 0 Å². The number of hydrogen-bond donors (Lipinski definition) is 0. The molecule has 1 aromatic heterocycles. The summed E-state index contributed by atoms with van der Waals surface area (Å²) in [6.07, 6.45) is 12.7. The number of aromatic nitrogens is 2. The van der Waals surface area contributed by atoms with E-state index in [9.17, 15) is 4.79 Å². The Morgan fingerprint density at radius 2 is 2.00 bits per heavy atom. The lowest BCUT2D eigenvalue weighted by molar-refractivity contribution is -0.119. The minimum absolute atomic E-state index is 0.413. The predicted octanol–water partition coefficient (Wildman–Crippen LogP) is 3.20. The van der Waals surface area contributed by atoms with Crippen LogP contribution in [-0.2, 0) is 11.3 Å². The van der Waals surface area contributed by atoms with Gasteiger partial charge in [0.2, 0.25) is 0 Å². The van der Waals surface area contributed by atoms with E-state index in [1.54, 1.807) is 12.5 Å². The van der Waals surface area contributed by atoms with E-state index in [0.29, 0.717) is 12.2 Å². The Hall–Kier alpha value is -1.12. The van der Waals surface area contributed by atoms with Crippen molar-refractivity contribution in [2.75, 3.05) is 0 Å². The summed E-state index contributed by atoms with van der Waals surface area (Å²) in [6.45, 7) is 3.09. The maximum absolute atomic E-state index is 11.5. The summed E-state index contributed by atoms with van der Waals surface area (Å²) in [4.78, 5) is 15.5. The Bertz CT molecular complexity index is 280. The fourth-order valence-corrected chi connectivity index (χ4v) is 1.75. The van der Waals surface area contributed by atoms with Gasteiger partial charge in [0.25, 0.3) is 0 Å². The first-order valence-corrected chi connectivity index (χ1v) is 6.30. The van der Waals surface area contributed by atoms with E-state index in [1.807, 2.05) is 10.8 Å². The van der Waals surface area contributed by atoms with Gasteiger partial charge < -0.3 is 4.57 Å². The fourth-order valence-electron chi connectivity index (χ4n) is 1.75. The first kappa shape index (κ1) is 12.9. The smallest absolute Gasteiger partial charge is 0.132 e. The van der Waals surface area contributed by atoms with Crippen LogP contribution in [0.5, 0.6) is 0 Å². The number of ketones is 1. The van der Waals surface area contributed by atoms with Crippen LogP contribution in [-0.4, -0.2) is 15.3 Å². The number of rotatable bonds is 9. The maximum Gasteiger partial charge on any atom is 0.132 e. The molecule has 1 rings (SSSR count). The summed E-state index contributed by atoms with van der Waals surface area (Å²) in [5.41, 5.74) is 0. The van der Waals surface area contributed by atoms with Crippen molar-refractivity contribution in [1.29, 1.82) is 0 Å². The third kappa shape index (κ3) is 5.69. The molecule has 0 aliphatic rings. The summed E-state index contributed by atoms with van der Waals surface area (Å²) in [7, 11) is 0. The van der Waals surface area contributed by atoms with Gasteiger partial charge in [-0.25, -0.2) is 4.98 Å². The molecular formula is C13H22N2O. The van der Waals surface area contributed by atoms with Crippen LogP contribution in [0, 0.1) is 0 Å². The molecule has 0 radical (unpaired) electrons. The summed E-state index contributed by atoms with van der Waals surface area (Å²) < 4.78 is 2.02. The number of hydrogen-bond acceptors (Lipinski definition) is 2. The van der Waals surface area contributed by atoms with Gasteiger partial charge >= 0.3 is 0 Å². The van der Waals surface area contributed by atoms with Crippen LogP contribution in [0.15, 0.2) is 18.7 Å². The largest absolute Gasteiger partial charge is 0.337 e. The van der Waals surface area contributed by atoms with E-state index in [0.717, 1.165) is 25.8 Å². The third-order valence-electron chi connectivity index (χ3n) is 2.74. The normalized spacial score (nSPS) is 10.6. The van der Waals surface area contributed by atoms with E-state index < -0.39 is 0 Å². The van der Waals surface area contributed by atoms with Crippen molar-refractivity contribution in [3.63, 3.8) is 0 Å². The molecule has 0 aliphatic heterocycles. The number of imidazole rings is 1. The van der Waals surface area contributed by atoms with Crippen LogP contribution in [0.3, 0.4) is 0 Å². The number of Topliss-reactive ketones (excluding diaryl/α,β-unsaturated/α-hetero) is 1. The maximum atomic E-state index is 11.5. The molecule has 0 N–H and O–H groups in total. The molecule has 16 heavy (non-hydrogen) atoms. The van der Waals surface area contributed by atoms with Crippen molar-refractivity contribution in [3.8, 4) is 0 Å². The second-order valence-corrected chi connectivity index (χ2v) is 4.25.